The van der Waals surface area contributed by atoms with Crippen molar-refractivity contribution in [3.05, 3.63) is 35.4 Å². The van der Waals surface area contributed by atoms with Gasteiger partial charge in [0.2, 0.25) is 0 Å². The summed E-state index contributed by atoms with van der Waals surface area (Å²) < 4.78 is 38.1. The van der Waals surface area contributed by atoms with E-state index in [1.165, 1.54) is 18.2 Å². The summed E-state index contributed by atoms with van der Waals surface area (Å²) in [5, 5.41) is 6.82. The van der Waals surface area contributed by atoms with Gasteiger partial charge in [0, 0.05) is 11.8 Å². The molecule has 1 aliphatic rings. The van der Waals surface area contributed by atoms with E-state index < -0.39 is 29.5 Å². The maximum absolute atomic E-state index is 12.7. The predicted molar refractivity (Wildman–Crippen MR) is 67.3 cm³/mol. The highest BCUT2D eigenvalue weighted by atomic mass is 19.4. The molecule has 6 nitrogen and oxygen atoms in total. The van der Waals surface area contributed by atoms with Gasteiger partial charge < -0.3 is 0 Å². The number of benzene rings is 1. The van der Waals surface area contributed by atoms with Crippen LogP contribution in [0, 0.1) is 5.92 Å². The minimum atomic E-state index is -4.52. The Labute approximate surface area is 116 Å². The van der Waals surface area contributed by atoms with Crippen LogP contribution in [0.25, 0.3) is 0 Å². The molecule has 21 heavy (non-hydrogen) atoms. The number of nitrogens with one attached hydrogen (secondary N) is 2. The van der Waals surface area contributed by atoms with E-state index >= 15 is 0 Å². The summed E-state index contributed by atoms with van der Waals surface area (Å²) in [4.78, 5) is 22.7. The zero-order valence-electron chi connectivity index (χ0n) is 10.4. The number of hydrazone groups is 2. The fraction of sp³-hybridized carbons (Fsp3) is 0.167. The van der Waals surface area contributed by atoms with Gasteiger partial charge in [0.05, 0.1) is 11.8 Å². The summed E-state index contributed by atoms with van der Waals surface area (Å²) in [6.45, 7) is 0. The van der Waals surface area contributed by atoms with Gasteiger partial charge in [-0.2, -0.15) is 23.4 Å². The van der Waals surface area contributed by atoms with Crippen LogP contribution in [-0.2, 0) is 15.8 Å². The second-order valence-corrected chi connectivity index (χ2v) is 4.05. The van der Waals surface area contributed by atoms with Crippen LogP contribution >= 0.6 is 0 Å². The highest BCUT2D eigenvalue weighted by molar-refractivity contribution is 6.15. The molecule has 0 saturated carbocycles. The molecule has 0 spiro atoms. The molecule has 9 heteroatoms. The van der Waals surface area contributed by atoms with Crippen molar-refractivity contribution in [2.75, 3.05) is 0 Å². The number of halogens is 3. The van der Waals surface area contributed by atoms with E-state index in [4.69, 9.17) is 0 Å². The molecule has 2 N–H and O–H groups in total. The third kappa shape index (κ3) is 3.44. The van der Waals surface area contributed by atoms with E-state index in [1.54, 1.807) is 0 Å². The lowest BCUT2D eigenvalue weighted by Crippen LogP contribution is -2.34. The van der Waals surface area contributed by atoms with Crippen molar-refractivity contribution in [3.8, 4) is 0 Å². The molecule has 2 rings (SSSR count). The van der Waals surface area contributed by atoms with Crippen molar-refractivity contribution in [1.82, 2.24) is 10.9 Å². The SMILES string of the molecule is O=C1NN=C[C@H]1C(=O)N/N=C\c1ccccc1C(F)(F)F. The molecular formula is C12H9F3N4O2. The van der Waals surface area contributed by atoms with Gasteiger partial charge in [-0.05, 0) is 6.07 Å². The molecule has 1 aromatic carbocycles. The Morgan fingerprint density at radius 3 is 2.71 bits per heavy atom. The Morgan fingerprint density at radius 1 is 1.38 bits per heavy atom. The predicted octanol–water partition coefficient (Wildman–Crippen LogP) is 0.887. The van der Waals surface area contributed by atoms with E-state index in [9.17, 15) is 22.8 Å². The highest BCUT2D eigenvalue weighted by Gasteiger charge is 2.32. The Bertz CT molecular complexity index is 625. The van der Waals surface area contributed by atoms with Crippen LogP contribution in [0.1, 0.15) is 11.1 Å². The van der Waals surface area contributed by atoms with Gasteiger partial charge >= 0.3 is 6.18 Å². The van der Waals surface area contributed by atoms with Crippen LogP contribution < -0.4 is 10.9 Å². The van der Waals surface area contributed by atoms with Gasteiger partial charge in [-0.15, -0.1) is 0 Å². The average molecular weight is 298 g/mol. The minimum absolute atomic E-state index is 0.199. The van der Waals surface area contributed by atoms with Crippen LogP contribution in [0.4, 0.5) is 13.2 Å². The zero-order valence-corrected chi connectivity index (χ0v) is 10.4. The van der Waals surface area contributed by atoms with Crippen LogP contribution in [0.2, 0.25) is 0 Å². The Hall–Kier alpha value is -2.71. The lowest BCUT2D eigenvalue weighted by Gasteiger charge is -2.09. The number of hydrogen-bond acceptors (Lipinski definition) is 4. The molecule has 110 valence electrons. The Balaban J connectivity index is 2.07. The third-order valence-electron chi connectivity index (χ3n) is 2.61. The van der Waals surface area contributed by atoms with Crippen molar-refractivity contribution >= 4 is 24.2 Å². The van der Waals surface area contributed by atoms with Crippen molar-refractivity contribution in [2.24, 2.45) is 16.1 Å². The van der Waals surface area contributed by atoms with Crippen molar-refractivity contribution in [3.63, 3.8) is 0 Å². The molecule has 0 saturated heterocycles. The van der Waals surface area contributed by atoms with E-state index in [0.717, 1.165) is 18.5 Å². The second kappa shape index (κ2) is 5.73. The molecule has 0 radical (unpaired) electrons. The first-order valence-corrected chi connectivity index (χ1v) is 5.72. The highest BCUT2D eigenvalue weighted by Crippen LogP contribution is 2.30. The lowest BCUT2D eigenvalue weighted by atomic mass is 10.1. The molecule has 2 amide bonds. The van der Waals surface area contributed by atoms with Crippen LogP contribution in [0.3, 0.4) is 0 Å². The topological polar surface area (TPSA) is 82.9 Å². The number of carbonyl (C=O) groups is 2. The zero-order chi connectivity index (χ0) is 15.5. The van der Waals surface area contributed by atoms with Crippen LogP contribution in [-0.4, -0.2) is 24.2 Å². The molecule has 1 heterocycles. The fourth-order valence-corrected chi connectivity index (χ4v) is 1.60. The first kappa shape index (κ1) is 14.7. The van der Waals surface area contributed by atoms with Gasteiger partial charge in [0.25, 0.3) is 11.8 Å². The number of rotatable bonds is 3. The van der Waals surface area contributed by atoms with Gasteiger partial charge in [-0.1, -0.05) is 18.2 Å². The molecular weight excluding hydrogens is 289 g/mol. The average Bonchev–Trinajstić information content (AvgIpc) is 2.84. The van der Waals surface area contributed by atoms with Gasteiger partial charge in [-0.25, -0.2) is 10.9 Å². The summed E-state index contributed by atoms with van der Waals surface area (Å²) in [5.74, 6) is -2.55. The normalized spacial score (nSPS) is 18.0. The number of amides is 2. The first-order valence-electron chi connectivity index (χ1n) is 5.72. The molecule has 0 aromatic heterocycles. The van der Waals surface area contributed by atoms with Gasteiger partial charge in [-0.3, -0.25) is 9.59 Å². The monoisotopic (exact) mass is 298 g/mol. The Morgan fingerprint density at radius 2 is 2.10 bits per heavy atom. The van der Waals surface area contributed by atoms with Crippen molar-refractivity contribution in [2.45, 2.75) is 6.18 Å². The van der Waals surface area contributed by atoms with E-state index in [1.807, 2.05) is 5.43 Å². The lowest BCUT2D eigenvalue weighted by molar-refractivity contribution is -0.137. The summed E-state index contributed by atoms with van der Waals surface area (Å²) in [5.41, 5.74) is 2.98. The van der Waals surface area contributed by atoms with E-state index in [2.05, 4.69) is 15.6 Å². The largest absolute Gasteiger partial charge is 0.417 e. The molecule has 0 bridgehead atoms. The molecule has 0 fully saturated rings. The number of carbonyl (C=O) groups excluding carboxylic acids is 2. The molecule has 0 aliphatic carbocycles. The van der Waals surface area contributed by atoms with Crippen molar-refractivity contribution in [1.29, 1.82) is 0 Å². The quantitative estimate of drug-likeness (QED) is 0.493. The summed E-state index contributed by atoms with van der Waals surface area (Å²) >= 11 is 0. The molecule has 0 unspecified atom stereocenters. The standard InChI is InChI=1S/C12H9F3N4O2/c13-12(14,15)9-4-2-1-3-7(9)5-16-18-10(20)8-6-17-19-11(8)21/h1-6,8H,(H,18,20)(H,19,21)/b16-5-/t8-/m0/s1. The number of nitrogens with zero attached hydrogens (tertiary/aromatic N) is 2. The fourth-order valence-electron chi connectivity index (χ4n) is 1.60. The summed E-state index contributed by atoms with van der Waals surface area (Å²) in [7, 11) is 0. The summed E-state index contributed by atoms with van der Waals surface area (Å²) in [6, 6.07) is 4.77. The Kier molecular flexibility index (Phi) is 4.01. The first-order chi connectivity index (χ1) is 9.89. The smallest absolute Gasteiger partial charge is 0.272 e. The van der Waals surface area contributed by atoms with Gasteiger partial charge in [0.15, 0.2) is 5.92 Å². The third-order valence-corrected chi connectivity index (χ3v) is 2.61. The maximum atomic E-state index is 12.7. The van der Waals surface area contributed by atoms with Crippen LogP contribution in [0.5, 0.6) is 0 Å². The number of hydrogen-bond donors (Lipinski definition) is 2. The maximum Gasteiger partial charge on any atom is 0.417 e. The van der Waals surface area contributed by atoms with E-state index in [0.29, 0.717) is 0 Å². The molecule has 1 aromatic rings. The van der Waals surface area contributed by atoms with Crippen molar-refractivity contribution < 1.29 is 22.8 Å². The second-order valence-electron chi connectivity index (χ2n) is 4.05. The van der Waals surface area contributed by atoms with Gasteiger partial charge in [0.1, 0.15) is 0 Å². The van der Waals surface area contributed by atoms with E-state index in [-0.39, 0.29) is 5.56 Å². The minimum Gasteiger partial charge on any atom is -0.272 e. The van der Waals surface area contributed by atoms with Crippen LogP contribution in [0.15, 0.2) is 34.5 Å². The number of alkyl halides is 3. The molecule has 1 atom stereocenters. The molecule has 1 aliphatic heterocycles. The summed E-state index contributed by atoms with van der Waals surface area (Å²) in [6.07, 6.45) is -2.58.